The first kappa shape index (κ1) is 27.2. The first-order chi connectivity index (χ1) is 16.4. The van der Waals surface area contributed by atoms with Gasteiger partial charge in [0.05, 0.1) is 6.42 Å². The van der Waals surface area contributed by atoms with Crippen LogP contribution in [0.1, 0.15) is 63.4 Å². The number of amides is 1. The molecule has 2 atom stereocenters. The number of nitrogens with zero attached hydrogens (tertiary/aromatic N) is 2. The minimum atomic E-state index is -0.598. The van der Waals surface area contributed by atoms with Crippen LogP contribution in [0.4, 0.5) is 0 Å². The topological polar surface area (TPSA) is 85.5 Å². The molecule has 1 amide bonds. The average molecular weight is 500 g/mol. The van der Waals surface area contributed by atoms with Crippen molar-refractivity contribution in [1.29, 1.82) is 0 Å². The molecule has 2 heterocycles. The third-order valence-electron chi connectivity index (χ3n) is 6.27. The molecule has 0 unspecified atom stereocenters. The highest BCUT2D eigenvalue weighted by atomic mass is 35.5. The van der Waals surface area contributed by atoms with Gasteiger partial charge in [0.2, 0.25) is 5.91 Å². The number of esters is 1. The highest BCUT2D eigenvalue weighted by Crippen LogP contribution is 2.27. The van der Waals surface area contributed by atoms with E-state index in [4.69, 9.17) is 22.1 Å². The molecule has 1 aromatic heterocycles. The van der Waals surface area contributed by atoms with Crippen LogP contribution in [0.25, 0.3) is 0 Å². The normalized spacial score (nSPS) is 19.3. The molecule has 1 aliphatic rings. The molecule has 1 aliphatic heterocycles. The molecule has 1 saturated heterocycles. The number of pyridine rings is 1. The smallest absolute Gasteiger partial charge is 0.307 e. The standard InChI is InChI=1S/C28H38ClN3O3/c1-20-7-5-8-24(31-20)14-11-22(17-25(33)35-27(2,3)4)26(34)32-16-6-15-28(30,19-32)18-21-9-12-23(29)13-10-21/h5,7-10,12-13,22H,6,11,14-19,30H2,1-4H3/t22-,28-/m1/s1. The second-order valence-corrected chi connectivity index (χ2v) is 11.3. The maximum absolute atomic E-state index is 13.7. The molecule has 1 aromatic carbocycles. The largest absolute Gasteiger partial charge is 0.460 e. The van der Waals surface area contributed by atoms with E-state index < -0.39 is 17.1 Å². The minimum absolute atomic E-state index is 0.0332. The number of piperidine rings is 1. The van der Waals surface area contributed by atoms with Crippen LogP contribution in [0.5, 0.6) is 0 Å². The highest BCUT2D eigenvalue weighted by Gasteiger charge is 2.37. The third kappa shape index (κ3) is 8.62. The van der Waals surface area contributed by atoms with Crippen LogP contribution in [0.2, 0.25) is 5.02 Å². The van der Waals surface area contributed by atoms with Gasteiger partial charge in [0, 0.05) is 41.0 Å². The molecular formula is C28H38ClN3O3. The molecule has 35 heavy (non-hydrogen) atoms. The lowest BCUT2D eigenvalue weighted by molar-refractivity contribution is -0.158. The third-order valence-corrected chi connectivity index (χ3v) is 6.52. The Hall–Kier alpha value is -2.44. The second kappa shape index (κ2) is 11.5. The Morgan fingerprint density at radius 1 is 1.20 bits per heavy atom. The first-order valence-corrected chi connectivity index (χ1v) is 12.8. The van der Waals surface area contributed by atoms with Gasteiger partial charge in [-0.2, -0.15) is 0 Å². The fraction of sp³-hybridized carbons (Fsp3) is 0.536. The summed E-state index contributed by atoms with van der Waals surface area (Å²) in [4.78, 5) is 32.8. The molecule has 1 fully saturated rings. The van der Waals surface area contributed by atoms with Crippen LogP contribution in [0.15, 0.2) is 42.5 Å². The summed E-state index contributed by atoms with van der Waals surface area (Å²) in [6, 6.07) is 13.6. The lowest BCUT2D eigenvalue weighted by Crippen LogP contribution is -2.58. The van der Waals surface area contributed by atoms with Crippen molar-refractivity contribution in [3.63, 3.8) is 0 Å². The zero-order valence-electron chi connectivity index (χ0n) is 21.4. The summed E-state index contributed by atoms with van der Waals surface area (Å²) in [5, 5.41) is 0.688. The number of benzene rings is 1. The van der Waals surface area contributed by atoms with Crippen molar-refractivity contribution < 1.29 is 14.3 Å². The van der Waals surface area contributed by atoms with E-state index in [0.717, 1.165) is 29.8 Å². The number of halogens is 1. The molecule has 0 saturated carbocycles. The van der Waals surface area contributed by atoms with Gasteiger partial charge in [-0.1, -0.05) is 29.8 Å². The molecule has 6 nitrogen and oxygen atoms in total. The van der Waals surface area contributed by atoms with Crippen LogP contribution >= 0.6 is 11.6 Å². The van der Waals surface area contributed by atoms with E-state index in [1.54, 1.807) is 0 Å². The molecule has 7 heteroatoms. The maximum Gasteiger partial charge on any atom is 0.307 e. The van der Waals surface area contributed by atoms with Gasteiger partial charge in [-0.3, -0.25) is 14.6 Å². The number of hydrogen-bond acceptors (Lipinski definition) is 5. The molecule has 2 N–H and O–H groups in total. The zero-order valence-corrected chi connectivity index (χ0v) is 22.1. The van der Waals surface area contributed by atoms with Crippen LogP contribution in [0, 0.1) is 12.8 Å². The fourth-order valence-corrected chi connectivity index (χ4v) is 4.84. The molecule has 0 bridgehead atoms. The highest BCUT2D eigenvalue weighted by molar-refractivity contribution is 6.30. The molecule has 0 spiro atoms. The van der Waals surface area contributed by atoms with E-state index in [1.165, 1.54) is 0 Å². The van der Waals surface area contributed by atoms with E-state index in [0.29, 0.717) is 37.4 Å². The predicted molar refractivity (Wildman–Crippen MR) is 139 cm³/mol. The van der Waals surface area contributed by atoms with Crippen molar-refractivity contribution in [3.8, 4) is 0 Å². The van der Waals surface area contributed by atoms with Crippen LogP contribution in [0.3, 0.4) is 0 Å². The summed E-state index contributed by atoms with van der Waals surface area (Å²) in [5.74, 6) is -0.871. The van der Waals surface area contributed by atoms with Gasteiger partial charge < -0.3 is 15.4 Å². The molecule has 2 aromatic rings. The van der Waals surface area contributed by atoms with Crippen LogP contribution in [-0.2, 0) is 27.2 Å². The molecular weight excluding hydrogens is 462 g/mol. The number of aromatic nitrogens is 1. The van der Waals surface area contributed by atoms with Crippen molar-refractivity contribution in [2.24, 2.45) is 11.7 Å². The SMILES string of the molecule is Cc1cccc(CC[C@H](CC(=O)OC(C)(C)C)C(=O)N2CCC[C@@](N)(Cc3ccc(Cl)cc3)C2)n1. The number of carbonyl (C=O) groups excluding carboxylic acids is 2. The molecule has 3 rings (SSSR count). The Bertz CT molecular complexity index is 1020. The Labute approximate surface area is 214 Å². The van der Waals surface area contributed by atoms with E-state index >= 15 is 0 Å². The van der Waals surface area contributed by atoms with Gasteiger partial charge in [-0.05, 0) is 89.6 Å². The van der Waals surface area contributed by atoms with Crippen molar-refractivity contribution in [2.45, 2.75) is 77.4 Å². The summed E-state index contributed by atoms with van der Waals surface area (Å²) in [6.07, 6.45) is 3.52. The quantitative estimate of drug-likeness (QED) is 0.523. The van der Waals surface area contributed by atoms with Crippen LogP contribution in [-0.4, -0.2) is 46.0 Å². The monoisotopic (exact) mass is 499 g/mol. The summed E-state index contributed by atoms with van der Waals surface area (Å²) < 4.78 is 5.55. The number of carbonyl (C=O) groups is 2. The second-order valence-electron chi connectivity index (χ2n) is 10.8. The predicted octanol–water partition coefficient (Wildman–Crippen LogP) is 4.89. The number of likely N-dealkylation sites (tertiary alicyclic amines) is 1. The minimum Gasteiger partial charge on any atom is -0.460 e. The average Bonchev–Trinajstić information content (AvgIpc) is 2.76. The number of hydrogen-bond donors (Lipinski definition) is 1. The summed E-state index contributed by atoms with van der Waals surface area (Å²) in [5.41, 5.74) is 8.63. The number of rotatable bonds is 8. The maximum atomic E-state index is 13.7. The number of aryl methyl sites for hydroxylation is 2. The van der Waals surface area contributed by atoms with E-state index in [2.05, 4.69) is 4.98 Å². The summed E-state index contributed by atoms with van der Waals surface area (Å²) in [6.45, 7) is 8.56. The first-order valence-electron chi connectivity index (χ1n) is 12.4. The molecule has 0 radical (unpaired) electrons. The van der Waals surface area contributed by atoms with Gasteiger partial charge in [0.25, 0.3) is 0 Å². The lowest BCUT2D eigenvalue weighted by Gasteiger charge is -2.41. The van der Waals surface area contributed by atoms with E-state index in [-0.39, 0.29) is 18.3 Å². The van der Waals surface area contributed by atoms with Gasteiger partial charge >= 0.3 is 5.97 Å². The zero-order chi connectivity index (χ0) is 25.6. The molecule has 0 aliphatic carbocycles. The number of ether oxygens (including phenoxy) is 1. The van der Waals surface area contributed by atoms with Crippen molar-refractivity contribution in [2.75, 3.05) is 13.1 Å². The molecule has 190 valence electrons. The van der Waals surface area contributed by atoms with Crippen molar-refractivity contribution in [1.82, 2.24) is 9.88 Å². The van der Waals surface area contributed by atoms with Gasteiger partial charge in [0.1, 0.15) is 5.60 Å². The van der Waals surface area contributed by atoms with E-state index in [9.17, 15) is 9.59 Å². The Morgan fingerprint density at radius 2 is 1.91 bits per heavy atom. The Kier molecular flexibility index (Phi) is 8.94. The van der Waals surface area contributed by atoms with Crippen LogP contribution < -0.4 is 5.73 Å². The van der Waals surface area contributed by atoms with Gasteiger partial charge in [-0.15, -0.1) is 0 Å². The van der Waals surface area contributed by atoms with Gasteiger partial charge in [0.15, 0.2) is 0 Å². The summed E-state index contributed by atoms with van der Waals surface area (Å²) in [7, 11) is 0. The summed E-state index contributed by atoms with van der Waals surface area (Å²) >= 11 is 6.03. The van der Waals surface area contributed by atoms with Crippen molar-refractivity contribution in [3.05, 3.63) is 64.4 Å². The number of nitrogens with two attached hydrogens (primary N) is 1. The lowest BCUT2D eigenvalue weighted by atomic mass is 9.83. The fourth-order valence-electron chi connectivity index (χ4n) is 4.72. The van der Waals surface area contributed by atoms with Gasteiger partial charge in [-0.25, -0.2) is 0 Å². The Morgan fingerprint density at radius 3 is 2.57 bits per heavy atom. The van der Waals surface area contributed by atoms with E-state index in [1.807, 2.05) is 75.1 Å². The van der Waals surface area contributed by atoms with Crippen molar-refractivity contribution >= 4 is 23.5 Å². The Balaban J connectivity index is 1.72.